The second kappa shape index (κ2) is 9.31. The van der Waals surface area contributed by atoms with Crippen molar-refractivity contribution in [3.8, 4) is 5.75 Å². The van der Waals surface area contributed by atoms with Crippen LogP contribution in [0.3, 0.4) is 0 Å². The van der Waals surface area contributed by atoms with E-state index in [0.29, 0.717) is 18.8 Å². The molecule has 2 aromatic carbocycles. The van der Waals surface area contributed by atoms with Crippen molar-refractivity contribution in [3.05, 3.63) is 56.7 Å². The van der Waals surface area contributed by atoms with Gasteiger partial charge >= 0.3 is 0 Å². The maximum absolute atomic E-state index is 13.5. The molecule has 0 aliphatic rings. The number of anilines is 1. The van der Waals surface area contributed by atoms with Crippen molar-refractivity contribution >= 4 is 43.5 Å². The number of benzene rings is 2. The molecule has 0 aliphatic carbocycles. The molecule has 134 valence electrons. The van der Waals surface area contributed by atoms with Gasteiger partial charge in [-0.2, -0.15) is 0 Å². The average molecular weight is 474 g/mol. The summed E-state index contributed by atoms with van der Waals surface area (Å²) in [4.78, 5) is 14.0. The SMILES string of the molecule is Cc1cc(Br)c(NC(=O)CN(C)CCOc2ccccc2F)c(Br)c1. The van der Waals surface area contributed by atoms with Crippen LogP contribution in [-0.4, -0.2) is 37.6 Å². The molecule has 0 bridgehead atoms. The zero-order valence-corrected chi connectivity index (χ0v) is 17.2. The van der Waals surface area contributed by atoms with E-state index in [1.165, 1.54) is 6.07 Å². The minimum atomic E-state index is -0.392. The fourth-order valence-corrected chi connectivity index (χ4v) is 3.81. The van der Waals surface area contributed by atoms with Gasteiger partial charge in [-0.3, -0.25) is 9.69 Å². The lowest BCUT2D eigenvalue weighted by atomic mass is 10.2. The van der Waals surface area contributed by atoms with Gasteiger partial charge in [0.05, 0.1) is 12.2 Å². The van der Waals surface area contributed by atoms with Crippen LogP contribution in [0.2, 0.25) is 0 Å². The number of hydrogen-bond donors (Lipinski definition) is 1. The van der Waals surface area contributed by atoms with E-state index in [0.717, 1.165) is 14.5 Å². The molecule has 2 aromatic rings. The van der Waals surface area contributed by atoms with Crippen molar-refractivity contribution in [2.24, 2.45) is 0 Å². The Kier molecular flexibility index (Phi) is 7.40. The molecule has 0 aliphatic heterocycles. The molecule has 0 saturated carbocycles. The number of para-hydroxylation sites is 1. The molecule has 0 fully saturated rings. The van der Waals surface area contributed by atoms with E-state index in [1.807, 2.05) is 31.0 Å². The summed E-state index contributed by atoms with van der Waals surface area (Å²) in [5, 5.41) is 2.88. The first-order valence-corrected chi connectivity index (χ1v) is 9.27. The Bertz CT molecular complexity index is 733. The number of likely N-dealkylation sites (N-methyl/N-ethyl adjacent to an activating group) is 1. The third-order valence-corrected chi connectivity index (χ3v) is 4.68. The molecule has 2 rings (SSSR count). The Morgan fingerprint density at radius 3 is 2.52 bits per heavy atom. The average Bonchev–Trinajstić information content (AvgIpc) is 2.52. The Morgan fingerprint density at radius 2 is 1.88 bits per heavy atom. The number of carbonyl (C=O) groups is 1. The van der Waals surface area contributed by atoms with Gasteiger partial charge in [0.15, 0.2) is 11.6 Å². The second-order valence-corrected chi connectivity index (χ2v) is 7.38. The van der Waals surface area contributed by atoms with Crippen molar-refractivity contribution in [3.63, 3.8) is 0 Å². The summed E-state index contributed by atoms with van der Waals surface area (Å²) in [5.41, 5.74) is 1.78. The molecule has 0 aromatic heterocycles. The minimum Gasteiger partial charge on any atom is -0.489 e. The molecular formula is C18H19Br2FN2O2. The van der Waals surface area contributed by atoms with Gasteiger partial charge in [0.25, 0.3) is 0 Å². The largest absolute Gasteiger partial charge is 0.489 e. The number of halogens is 3. The van der Waals surface area contributed by atoms with Crippen LogP contribution < -0.4 is 10.1 Å². The van der Waals surface area contributed by atoms with Crippen LogP contribution in [0.4, 0.5) is 10.1 Å². The summed E-state index contributed by atoms with van der Waals surface area (Å²) in [7, 11) is 1.81. The maximum atomic E-state index is 13.5. The summed E-state index contributed by atoms with van der Waals surface area (Å²) in [5.74, 6) is -0.316. The quantitative estimate of drug-likeness (QED) is 0.638. The predicted octanol–water partition coefficient (Wildman–Crippen LogP) is 4.61. The first-order valence-electron chi connectivity index (χ1n) is 7.68. The van der Waals surface area contributed by atoms with Gasteiger partial charge in [0.1, 0.15) is 6.61 Å². The van der Waals surface area contributed by atoms with Crippen molar-refractivity contribution < 1.29 is 13.9 Å². The standard InChI is InChI=1S/C18H19Br2FN2O2/c1-12-9-13(19)18(14(20)10-12)22-17(24)11-23(2)7-8-25-16-6-4-3-5-15(16)21/h3-6,9-10H,7-8,11H2,1-2H3,(H,22,24). The lowest BCUT2D eigenvalue weighted by molar-refractivity contribution is -0.117. The molecule has 0 heterocycles. The number of ether oxygens (including phenoxy) is 1. The molecule has 4 nitrogen and oxygen atoms in total. The van der Waals surface area contributed by atoms with Crippen LogP contribution >= 0.6 is 31.9 Å². The van der Waals surface area contributed by atoms with Crippen molar-refractivity contribution in [1.29, 1.82) is 0 Å². The predicted molar refractivity (Wildman–Crippen MR) is 105 cm³/mol. The van der Waals surface area contributed by atoms with Crippen LogP contribution in [0.5, 0.6) is 5.75 Å². The minimum absolute atomic E-state index is 0.140. The molecule has 7 heteroatoms. The number of aryl methyl sites for hydroxylation is 1. The number of amides is 1. The van der Waals surface area contributed by atoms with E-state index < -0.39 is 5.82 Å². The Balaban J connectivity index is 1.81. The smallest absolute Gasteiger partial charge is 0.238 e. The molecule has 0 unspecified atom stereocenters. The van der Waals surface area contributed by atoms with Gasteiger partial charge in [0, 0.05) is 15.5 Å². The van der Waals surface area contributed by atoms with Gasteiger partial charge in [0.2, 0.25) is 5.91 Å². The Labute approximate surface area is 163 Å². The van der Waals surface area contributed by atoms with Gasteiger partial charge < -0.3 is 10.1 Å². The summed E-state index contributed by atoms with van der Waals surface area (Å²) < 4.78 is 20.5. The van der Waals surface area contributed by atoms with E-state index >= 15 is 0 Å². The Hall–Kier alpha value is -1.44. The topological polar surface area (TPSA) is 41.6 Å². The fourth-order valence-electron chi connectivity index (χ4n) is 2.20. The van der Waals surface area contributed by atoms with Crippen LogP contribution in [-0.2, 0) is 4.79 Å². The molecule has 1 amide bonds. The first-order chi connectivity index (χ1) is 11.9. The first kappa shape index (κ1) is 19.9. The highest BCUT2D eigenvalue weighted by molar-refractivity contribution is 9.11. The normalized spacial score (nSPS) is 10.8. The van der Waals surface area contributed by atoms with Gasteiger partial charge in [-0.15, -0.1) is 0 Å². The Morgan fingerprint density at radius 1 is 1.24 bits per heavy atom. The van der Waals surface area contributed by atoms with Gasteiger partial charge in [-0.25, -0.2) is 4.39 Å². The van der Waals surface area contributed by atoms with Gasteiger partial charge in [-0.05, 0) is 75.7 Å². The lowest BCUT2D eigenvalue weighted by Gasteiger charge is -2.18. The monoisotopic (exact) mass is 472 g/mol. The van der Waals surface area contributed by atoms with Crippen LogP contribution in [0.25, 0.3) is 0 Å². The number of hydrogen-bond acceptors (Lipinski definition) is 3. The van der Waals surface area contributed by atoms with Crippen molar-refractivity contribution in [2.45, 2.75) is 6.92 Å². The van der Waals surface area contributed by atoms with E-state index in [1.54, 1.807) is 18.2 Å². The van der Waals surface area contributed by atoms with Crippen molar-refractivity contribution in [1.82, 2.24) is 4.90 Å². The zero-order chi connectivity index (χ0) is 18.4. The van der Waals surface area contributed by atoms with Gasteiger partial charge in [-0.1, -0.05) is 12.1 Å². The summed E-state index contributed by atoms with van der Waals surface area (Å²) >= 11 is 6.91. The molecule has 1 N–H and O–H groups in total. The molecule has 25 heavy (non-hydrogen) atoms. The number of nitrogens with zero attached hydrogens (tertiary/aromatic N) is 1. The highest BCUT2D eigenvalue weighted by Crippen LogP contribution is 2.32. The second-order valence-electron chi connectivity index (χ2n) is 5.67. The number of nitrogens with one attached hydrogen (secondary N) is 1. The summed E-state index contributed by atoms with van der Waals surface area (Å²) in [6.45, 7) is 2.97. The number of rotatable bonds is 7. The van der Waals surface area contributed by atoms with Crippen LogP contribution in [0.1, 0.15) is 5.56 Å². The number of carbonyl (C=O) groups excluding carboxylic acids is 1. The van der Waals surface area contributed by atoms with E-state index in [9.17, 15) is 9.18 Å². The highest BCUT2D eigenvalue weighted by atomic mass is 79.9. The summed E-state index contributed by atoms with van der Waals surface area (Å²) in [6, 6.07) is 10.1. The lowest BCUT2D eigenvalue weighted by Crippen LogP contribution is -2.33. The molecular weight excluding hydrogens is 455 g/mol. The van der Waals surface area contributed by atoms with E-state index in [4.69, 9.17) is 4.74 Å². The summed E-state index contributed by atoms with van der Waals surface area (Å²) in [6.07, 6.45) is 0. The molecule has 0 radical (unpaired) electrons. The third kappa shape index (κ3) is 6.09. The van der Waals surface area contributed by atoms with Crippen molar-refractivity contribution in [2.75, 3.05) is 32.1 Å². The fraction of sp³-hybridized carbons (Fsp3) is 0.278. The molecule has 0 saturated heterocycles. The van der Waals surface area contributed by atoms with Crippen LogP contribution in [0.15, 0.2) is 45.3 Å². The third-order valence-electron chi connectivity index (χ3n) is 3.43. The van der Waals surface area contributed by atoms with E-state index in [-0.39, 0.29) is 18.2 Å². The van der Waals surface area contributed by atoms with E-state index in [2.05, 4.69) is 37.2 Å². The molecule has 0 atom stereocenters. The zero-order valence-electron chi connectivity index (χ0n) is 14.0. The molecule has 0 spiro atoms. The highest BCUT2D eigenvalue weighted by Gasteiger charge is 2.12. The maximum Gasteiger partial charge on any atom is 0.238 e. The van der Waals surface area contributed by atoms with Crippen LogP contribution in [0, 0.1) is 12.7 Å².